The van der Waals surface area contributed by atoms with Crippen LogP contribution in [0.25, 0.3) is 10.9 Å². The van der Waals surface area contributed by atoms with Crippen molar-refractivity contribution in [1.29, 1.82) is 0 Å². The lowest BCUT2D eigenvalue weighted by Crippen LogP contribution is -2.27. The topological polar surface area (TPSA) is 34.0 Å². The summed E-state index contributed by atoms with van der Waals surface area (Å²) in [4.78, 5) is 13.1. The van der Waals surface area contributed by atoms with Crippen LogP contribution in [-0.4, -0.2) is 17.0 Å². The fourth-order valence-electron chi connectivity index (χ4n) is 4.92. The molecule has 0 bridgehead atoms. The number of carbonyl (C=O) groups excluding carboxylic acids is 1. The molecular formula is C33H31FN2O. The van der Waals surface area contributed by atoms with E-state index < -0.39 is 0 Å². The van der Waals surface area contributed by atoms with Crippen molar-refractivity contribution < 1.29 is 9.18 Å². The molecule has 5 aromatic rings. The third-order valence-corrected chi connectivity index (χ3v) is 6.91. The van der Waals surface area contributed by atoms with Gasteiger partial charge in [0.15, 0.2) is 0 Å². The minimum absolute atomic E-state index is 0.0133. The molecule has 4 heteroatoms. The molecule has 1 aromatic heterocycles. The van der Waals surface area contributed by atoms with Gasteiger partial charge >= 0.3 is 0 Å². The van der Waals surface area contributed by atoms with Crippen LogP contribution in [0.5, 0.6) is 0 Å². The first-order chi connectivity index (χ1) is 18.1. The van der Waals surface area contributed by atoms with Crippen LogP contribution < -0.4 is 5.32 Å². The largest absolute Gasteiger partial charge is 0.356 e. The van der Waals surface area contributed by atoms with Gasteiger partial charge in [0.1, 0.15) is 5.82 Å². The van der Waals surface area contributed by atoms with Crippen LogP contribution in [0.3, 0.4) is 0 Å². The SMILES string of the molecule is Cc1ccc(Cn2cc([C@H](CC(=O)NCCc3ccccc3)c3ccc(F)cc3)c3ccccc32)cc1. The Kier molecular flexibility index (Phi) is 7.46. The second kappa shape index (κ2) is 11.3. The van der Waals surface area contributed by atoms with Gasteiger partial charge in [-0.05, 0) is 53.8 Å². The molecule has 1 atom stereocenters. The summed E-state index contributed by atoms with van der Waals surface area (Å²) in [5.74, 6) is -0.487. The molecule has 0 unspecified atom stereocenters. The first kappa shape index (κ1) is 24.5. The van der Waals surface area contributed by atoms with Crippen molar-refractivity contribution in [3.63, 3.8) is 0 Å². The Morgan fingerprint density at radius 2 is 1.54 bits per heavy atom. The van der Waals surface area contributed by atoms with Crippen molar-refractivity contribution in [2.75, 3.05) is 6.54 Å². The van der Waals surface area contributed by atoms with E-state index in [4.69, 9.17) is 0 Å². The highest BCUT2D eigenvalue weighted by Gasteiger charge is 2.23. The van der Waals surface area contributed by atoms with Gasteiger partial charge in [-0.15, -0.1) is 0 Å². The Labute approximate surface area is 217 Å². The molecule has 0 radical (unpaired) electrons. The number of halogens is 1. The van der Waals surface area contributed by atoms with Crippen LogP contribution in [0.2, 0.25) is 0 Å². The van der Waals surface area contributed by atoms with E-state index in [2.05, 4.69) is 71.5 Å². The Bertz CT molecular complexity index is 1470. The zero-order valence-electron chi connectivity index (χ0n) is 21.0. The van der Waals surface area contributed by atoms with Crippen LogP contribution in [-0.2, 0) is 17.8 Å². The molecule has 0 fully saturated rings. The van der Waals surface area contributed by atoms with Crippen molar-refractivity contribution in [3.8, 4) is 0 Å². The molecule has 0 saturated heterocycles. The van der Waals surface area contributed by atoms with Gasteiger partial charge in [-0.3, -0.25) is 4.79 Å². The van der Waals surface area contributed by atoms with Gasteiger partial charge in [-0.25, -0.2) is 4.39 Å². The molecule has 4 aromatic carbocycles. The second-order valence-corrected chi connectivity index (χ2v) is 9.61. The van der Waals surface area contributed by atoms with Crippen LogP contribution in [0.4, 0.5) is 4.39 Å². The molecule has 1 heterocycles. The van der Waals surface area contributed by atoms with Crippen LogP contribution in [0.1, 0.15) is 40.2 Å². The third-order valence-electron chi connectivity index (χ3n) is 6.91. The summed E-state index contributed by atoms with van der Waals surface area (Å²) < 4.78 is 16.0. The van der Waals surface area contributed by atoms with Gasteiger partial charge in [0.05, 0.1) is 0 Å². The summed E-state index contributed by atoms with van der Waals surface area (Å²) >= 11 is 0. The number of nitrogens with zero attached hydrogens (tertiary/aromatic N) is 1. The van der Waals surface area contributed by atoms with Crippen LogP contribution >= 0.6 is 0 Å². The molecule has 186 valence electrons. The van der Waals surface area contributed by atoms with Gasteiger partial charge in [0.2, 0.25) is 5.91 Å². The number of carbonyl (C=O) groups is 1. The number of amides is 1. The quantitative estimate of drug-likeness (QED) is 0.237. The maximum atomic E-state index is 13.8. The van der Waals surface area contributed by atoms with Gasteiger partial charge in [-0.1, -0.05) is 90.5 Å². The van der Waals surface area contributed by atoms with Crippen molar-refractivity contribution in [1.82, 2.24) is 9.88 Å². The average Bonchev–Trinajstić information content (AvgIpc) is 3.28. The molecule has 5 rings (SSSR count). The highest BCUT2D eigenvalue weighted by atomic mass is 19.1. The molecule has 3 nitrogen and oxygen atoms in total. The van der Waals surface area contributed by atoms with E-state index in [-0.39, 0.29) is 17.6 Å². The Morgan fingerprint density at radius 3 is 2.30 bits per heavy atom. The van der Waals surface area contributed by atoms with Crippen molar-refractivity contribution in [2.24, 2.45) is 0 Å². The number of fused-ring (bicyclic) bond motifs is 1. The molecular weight excluding hydrogens is 459 g/mol. The number of aryl methyl sites for hydroxylation is 1. The van der Waals surface area contributed by atoms with E-state index in [1.807, 2.05) is 30.3 Å². The minimum Gasteiger partial charge on any atom is -0.356 e. The van der Waals surface area contributed by atoms with Gasteiger partial charge < -0.3 is 9.88 Å². The number of hydrogen-bond acceptors (Lipinski definition) is 1. The average molecular weight is 491 g/mol. The van der Waals surface area contributed by atoms with Gasteiger partial charge in [-0.2, -0.15) is 0 Å². The predicted molar refractivity (Wildman–Crippen MR) is 148 cm³/mol. The number of benzene rings is 4. The standard InChI is InChI=1S/C33H31FN2O/c1-24-11-13-26(14-12-24)22-36-23-31(29-9-5-6-10-32(29)36)30(27-15-17-28(34)18-16-27)21-33(37)35-20-19-25-7-3-2-4-8-25/h2-18,23,30H,19-22H2,1H3,(H,35,37)/t30-/m1/s1. The van der Waals surface area contributed by atoms with E-state index in [1.54, 1.807) is 12.1 Å². The summed E-state index contributed by atoms with van der Waals surface area (Å²) in [7, 11) is 0. The molecule has 0 aliphatic heterocycles. The summed E-state index contributed by atoms with van der Waals surface area (Å²) in [6, 6.07) is 33.5. The maximum Gasteiger partial charge on any atom is 0.220 e. The normalized spacial score (nSPS) is 11.9. The summed E-state index contributed by atoms with van der Waals surface area (Å²) in [6.07, 6.45) is 3.23. The van der Waals surface area contributed by atoms with Crippen LogP contribution in [0.15, 0.2) is 109 Å². The number of hydrogen-bond donors (Lipinski definition) is 1. The first-order valence-electron chi connectivity index (χ1n) is 12.8. The lowest BCUT2D eigenvalue weighted by atomic mass is 9.88. The van der Waals surface area contributed by atoms with E-state index in [0.29, 0.717) is 13.0 Å². The molecule has 0 spiro atoms. The number of nitrogens with one attached hydrogen (secondary N) is 1. The molecule has 0 saturated carbocycles. The van der Waals surface area contributed by atoms with Crippen LogP contribution in [0, 0.1) is 12.7 Å². The molecule has 0 aliphatic carbocycles. The summed E-state index contributed by atoms with van der Waals surface area (Å²) in [6.45, 7) is 3.40. The lowest BCUT2D eigenvalue weighted by Gasteiger charge is -2.17. The first-order valence-corrected chi connectivity index (χ1v) is 12.8. The fourth-order valence-corrected chi connectivity index (χ4v) is 4.92. The van der Waals surface area contributed by atoms with Gasteiger partial charge in [0.25, 0.3) is 0 Å². The highest BCUT2D eigenvalue weighted by Crippen LogP contribution is 2.35. The fraction of sp³-hybridized carbons (Fsp3) is 0.182. The zero-order valence-corrected chi connectivity index (χ0v) is 21.0. The molecule has 37 heavy (non-hydrogen) atoms. The zero-order chi connectivity index (χ0) is 25.6. The van der Waals surface area contributed by atoms with E-state index in [0.717, 1.165) is 35.0 Å². The van der Waals surface area contributed by atoms with E-state index in [9.17, 15) is 9.18 Å². The molecule has 1 N–H and O–H groups in total. The maximum absolute atomic E-state index is 13.8. The number of rotatable bonds is 9. The Balaban J connectivity index is 1.44. The van der Waals surface area contributed by atoms with Crippen molar-refractivity contribution in [3.05, 3.63) is 143 Å². The van der Waals surface area contributed by atoms with Gasteiger partial charge in [0, 0.05) is 42.5 Å². The number of para-hydroxylation sites is 1. The Hall–Kier alpha value is -4.18. The predicted octanol–water partition coefficient (Wildman–Crippen LogP) is 7.02. The minimum atomic E-state index is -0.281. The second-order valence-electron chi connectivity index (χ2n) is 9.61. The number of aromatic nitrogens is 1. The highest BCUT2D eigenvalue weighted by molar-refractivity contribution is 5.86. The summed E-state index contributed by atoms with van der Waals surface area (Å²) in [5.41, 5.74) is 6.77. The van der Waals surface area contributed by atoms with Crippen molar-refractivity contribution >= 4 is 16.8 Å². The monoisotopic (exact) mass is 490 g/mol. The lowest BCUT2D eigenvalue weighted by molar-refractivity contribution is -0.121. The van der Waals surface area contributed by atoms with E-state index in [1.165, 1.54) is 28.8 Å². The Morgan fingerprint density at radius 1 is 0.838 bits per heavy atom. The van der Waals surface area contributed by atoms with E-state index >= 15 is 0 Å². The molecule has 1 amide bonds. The third kappa shape index (κ3) is 5.97. The smallest absolute Gasteiger partial charge is 0.220 e. The summed E-state index contributed by atoms with van der Waals surface area (Å²) in [5, 5.41) is 4.20. The van der Waals surface area contributed by atoms with Crippen molar-refractivity contribution in [2.45, 2.75) is 32.2 Å². The molecule has 0 aliphatic rings.